The number of thiocarbonyl (C=S) groups is 1. The third kappa shape index (κ3) is 4.24. The molecule has 2 amide bonds. The molecule has 1 aromatic rings. The number of nitrogens with one attached hydrogen (secondary N) is 1. The Morgan fingerprint density at radius 2 is 1.92 bits per heavy atom. The van der Waals surface area contributed by atoms with Crippen LogP contribution < -0.4 is 10.2 Å². The number of rotatable bonds is 7. The summed E-state index contributed by atoms with van der Waals surface area (Å²) in [6.07, 6.45) is 1.43. The van der Waals surface area contributed by atoms with E-state index in [1.165, 1.54) is 11.1 Å². The highest BCUT2D eigenvalue weighted by Crippen LogP contribution is 2.19. The number of hydrogen-bond donors (Lipinski definition) is 1. The van der Waals surface area contributed by atoms with Crippen LogP contribution in [0.1, 0.15) is 13.8 Å². The first kappa shape index (κ1) is 18.2. The maximum absolute atomic E-state index is 12.7. The molecular weight excluding hydrogens is 324 g/mol. The molecule has 1 aliphatic rings. The Hall–Kier alpha value is -2.12. The molecule has 1 fully saturated rings. The van der Waals surface area contributed by atoms with Gasteiger partial charge in [-0.2, -0.15) is 0 Å². The van der Waals surface area contributed by atoms with E-state index in [0.29, 0.717) is 12.2 Å². The Balaban J connectivity index is 2.08. The zero-order valence-electron chi connectivity index (χ0n) is 13.9. The summed E-state index contributed by atoms with van der Waals surface area (Å²) in [6.45, 7) is 7.42. The van der Waals surface area contributed by atoms with Gasteiger partial charge in [0.05, 0.1) is 12.2 Å². The largest absolute Gasteiger partial charge is 0.302 e. The molecule has 24 heavy (non-hydrogen) atoms. The summed E-state index contributed by atoms with van der Waals surface area (Å²) >= 11 is 5.14. The van der Waals surface area contributed by atoms with Crippen LogP contribution in [-0.4, -0.2) is 54.2 Å². The van der Waals surface area contributed by atoms with Crippen LogP contribution in [0.3, 0.4) is 0 Å². The minimum atomic E-state index is -0.950. The molecule has 0 aliphatic carbocycles. The van der Waals surface area contributed by atoms with Crippen molar-refractivity contribution in [3.05, 3.63) is 30.3 Å². The van der Waals surface area contributed by atoms with Gasteiger partial charge in [0.2, 0.25) is 5.91 Å². The molecular formula is C17H22N4O2S. The van der Waals surface area contributed by atoms with Crippen molar-refractivity contribution >= 4 is 41.0 Å². The molecule has 1 aliphatic heterocycles. The predicted octanol–water partition coefficient (Wildman–Crippen LogP) is 1.46. The molecule has 0 bridgehead atoms. The van der Waals surface area contributed by atoms with Crippen molar-refractivity contribution in [3.63, 3.8) is 0 Å². The topological polar surface area (TPSA) is 65.0 Å². The molecule has 7 heteroatoms. The van der Waals surface area contributed by atoms with Crippen molar-refractivity contribution in [2.75, 3.05) is 31.1 Å². The molecule has 1 heterocycles. The first-order chi connectivity index (χ1) is 11.6. The van der Waals surface area contributed by atoms with Crippen LogP contribution in [0.4, 0.5) is 5.69 Å². The summed E-state index contributed by atoms with van der Waals surface area (Å²) in [5.74, 6) is -1.75. The van der Waals surface area contributed by atoms with Gasteiger partial charge in [-0.3, -0.25) is 19.5 Å². The van der Waals surface area contributed by atoms with Crippen molar-refractivity contribution in [2.45, 2.75) is 13.8 Å². The Bertz CT molecular complexity index is 629. The van der Waals surface area contributed by atoms with Gasteiger partial charge in [0.15, 0.2) is 11.0 Å². The Morgan fingerprint density at radius 3 is 2.54 bits per heavy atom. The number of aliphatic imine (C=N–C) groups is 1. The van der Waals surface area contributed by atoms with Crippen molar-refractivity contribution in [2.24, 2.45) is 10.9 Å². The number of likely N-dealkylation sites (N-methyl/N-ethyl adjacent to an activating group) is 1. The summed E-state index contributed by atoms with van der Waals surface area (Å²) in [5.41, 5.74) is 0.633. The van der Waals surface area contributed by atoms with Crippen molar-refractivity contribution in [1.82, 2.24) is 10.2 Å². The quantitative estimate of drug-likeness (QED) is 0.461. The molecule has 1 unspecified atom stereocenters. The standard InChI is InChI=1S/C17H22N4O2S/c1-3-20(4-2)11-10-18-12-14-15(22)19-17(24)21(16(14)23)13-8-6-5-7-9-13/h5-9,12,14H,3-4,10-11H2,1-2H3,(H,19,22,24). The number of carbonyl (C=O) groups is 2. The van der Waals surface area contributed by atoms with Crippen LogP contribution in [0.2, 0.25) is 0 Å². The average molecular weight is 346 g/mol. The summed E-state index contributed by atoms with van der Waals surface area (Å²) in [6, 6.07) is 9.03. The molecule has 2 rings (SSSR count). The number of benzene rings is 1. The van der Waals surface area contributed by atoms with E-state index < -0.39 is 11.8 Å². The zero-order chi connectivity index (χ0) is 17.5. The summed E-state index contributed by atoms with van der Waals surface area (Å²) < 4.78 is 0. The fourth-order valence-corrected chi connectivity index (χ4v) is 2.76. The molecule has 1 N–H and O–H groups in total. The molecule has 1 aromatic carbocycles. The van der Waals surface area contributed by atoms with Gasteiger partial charge in [0.25, 0.3) is 5.91 Å². The second kappa shape index (κ2) is 8.65. The maximum atomic E-state index is 12.7. The number of carbonyl (C=O) groups excluding carboxylic acids is 2. The second-order valence-electron chi connectivity index (χ2n) is 5.36. The van der Waals surface area contributed by atoms with Crippen LogP contribution >= 0.6 is 12.2 Å². The van der Waals surface area contributed by atoms with E-state index in [9.17, 15) is 9.59 Å². The van der Waals surface area contributed by atoms with Gasteiger partial charge in [-0.25, -0.2) is 0 Å². The molecule has 128 valence electrons. The van der Waals surface area contributed by atoms with Crippen molar-refractivity contribution in [1.29, 1.82) is 0 Å². The third-order valence-electron chi connectivity index (χ3n) is 3.91. The highest BCUT2D eigenvalue weighted by molar-refractivity contribution is 7.80. The van der Waals surface area contributed by atoms with Gasteiger partial charge in [0, 0.05) is 12.8 Å². The SMILES string of the molecule is CCN(CC)CCN=CC1C(=O)NC(=S)N(c2ccccc2)C1=O. The number of hydrogen-bond acceptors (Lipinski definition) is 5. The lowest BCUT2D eigenvalue weighted by molar-refractivity contribution is -0.130. The number of amides is 2. The van der Waals surface area contributed by atoms with Gasteiger partial charge < -0.3 is 10.2 Å². The van der Waals surface area contributed by atoms with E-state index in [2.05, 4.69) is 29.1 Å². The second-order valence-corrected chi connectivity index (χ2v) is 5.75. The van der Waals surface area contributed by atoms with Crippen LogP contribution in [0, 0.1) is 5.92 Å². The van der Waals surface area contributed by atoms with Gasteiger partial charge in [0.1, 0.15) is 0 Å². The minimum absolute atomic E-state index is 0.101. The Labute approximate surface area is 147 Å². The number of nitrogens with zero attached hydrogens (tertiary/aromatic N) is 3. The predicted molar refractivity (Wildman–Crippen MR) is 99.3 cm³/mol. The highest BCUT2D eigenvalue weighted by atomic mass is 32.1. The number of para-hydroxylation sites is 1. The van der Waals surface area contributed by atoms with E-state index >= 15 is 0 Å². The Morgan fingerprint density at radius 1 is 1.25 bits per heavy atom. The highest BCUT2D eigenvalue weighted by Gasteiger charge is 2.38. The van der Waals surface area contributed by atoms with Crippen LogP contribution in [0.25, 0.3) is 0 Å². The summed E-state index contributed by atoms with van der Waals surface area (Å²) in [5, 5.41) is 2.68. The molecule has 0 aromatic heterocycles. The van der Waals surface area contributed by atoms with Crippen molar-refractivity contribution < 1.29 is 9.59 Å². The van der Waals surface area contributed by atoms with E-state index in [1.807, 2.05) is 18.2 Å². The molecule has 0 saturated carbocycles. The van der Waals surface area contributed by atoms with Crippen LogP contribution in [0.5, 0.6) is 0 Å². The molecule has 0 radical (unpaired) electrons. The molecule has 1 saturated heterocycles. The van der Waals surface area contributed by atoms with Gasteiger partial charge >= 0.3 is 0 Å². The first-order valence-electron chi connectivity index (χ1n) is 8.04. The fraction of sp³-hybridized carbons (Fsp3) is 0.412. The lowest BCUT2D eigenvalue weighted by Gasteiger charge is -2.30. The summed E-state index contributed by atoms with van der Waals surface area (Å²) in [4.78, 5) is 32.6. The van der Waals surface area contributed by atoms with E-state index in [4.69, 9.17) is 12.2 Å². The van der Waals surface area contributed by atoms with Gasteiger partial charge in [-0.1, -0.05) is 32.0 Å². The van der Waals surface area contributed by atoms with Crippen molar-refractivity contribution in [3.8, 4) is 0 Å². The fourth-order valence-electron chi connectivity index (χ4n) is 2.46. The normalized spacial score (nSPS) is 18.5. The van der Waals surface area contributed by atoms with E-state index in [-0.39, 0.29) is 11.0 Å². The third-order valence-corrected chi connectivity index (χ3v) is 4.20. The smallest absolute Gasteiger partial charge is 0.251 e. The maximum Gasteiger partial charge on any atom is 0.251 e. The van der Waals surface area contributed by atoms with Gasteiger partial charge in [-0.05, 0) is 37.4 Å². The first-order valence-corrected chi connectivity index (χ1v) is 8.45. The lowest BCUT2D eigenvalue weighted by Crippen LogP contribution is -2.58. The minimum Gasteiger partial charge on any atom is -0.302 e. The number of anilines is 1. The van der Waals surface area contributed by atoms with Crippen LogP contribution in [-0.2, 0) is 9.59 Å². The lowest BCUT2D eigenvalue weighted by atomic mass is 10.1. The van der Waals surface area contributed by atoms with Gasteiger partial charge in [-0.15, -0.1) is 0 Å². The van der Waals surface area contributed by atoms with E-state index in [0.717, 1.165) is 19.6 Å². The molecule has 6 nitrogen and oxygen atoms in total. The summed E-state index contributed by atoms with van der Waals surface area (Å²) in [7, 11) is 0. The molecule has 1 atom stereocenters. The average Bonchev–Trinajstić information content (AvgIpc) is 2.58. The monoisotopic (exact) mass is 346 g/mol. The van der Waals surface area contributed by atoms with E-state index in [1.54, 1.807) is 12.1 Å². The zero-order valence-corrected chi connectivity index (χ0v) is 14.8. The molecule has 0 spiro atoms. The Kier molecular flexibility index (Phi) is 6.57. The van der Waals surface area contributed by atoms with Crippen LogP contribution in [0.15, 0.2) is 35.3 Å².